The van der Waals surface area contributed by atoms with Gasteiger partial charge in [-0.1, -0.05) is 36.7 Å². The molecule has 3 aromatic rings. The second kappa shape index (κ2) is 10.8. The van der Waals surface area contributed by atoms with Crippen LogP contribution in [0, 0.1) is 12.7 Å². The number of benzene rings is 2. The summed E-state index contributed by atoms with van der Waals surface area (Å²) in [5, 5.41) is 3.51. The van der Waals surface area contributed by atoms with Gasteiger partial charge in [-0.2, -0.15) is 0 Å². The van der Waals surface area contributed by atoms with Gasteiger partial charge in [-0.15, -0.1) is 0 Å². The highest BCUT2D eigenvalue weighted by atomic mass is 35.5. The van der Waals surface area contributed by atoms with E-state index in [1.54, 1.807) is 24.3 Å². The Morgan fingerprint density at radius 2 is 1.91 bits per heavy atom. The molecule has 0 aliphatic carbocycles. The third kappa shape index (κ3) is 5.83. The normalized spacial score (nSPS) is 14.1. The molecule has 34 heavy (non-hydrogen) atoms. The molecule has 0 unspecified atom stereocenters. The molecule has 0 bridgehead atoms. The molecule has 6 nitrogen and oxygen atoms in total. The van der Waals surface area contributed by atoms with Gasteiger partial charge >= 0.3 is 6.03 Å². The molecule has 1 fully saturated rings. The molecule has 1 aromatic heterocycles. The highest BCUT2D eigenvalue weighted by Gasteiger charge is 2.23. The van der Waals surface area contributed by atoms with Crippen LogP contribution in [0.25, 0.3) is 0 Å². The van der Waals surface area contributed by atoms with Crippen LogP contribution < -0.4 is 10.2 Å². The zero-order valence-electron chi connectivity index (χ0n) is 19.5. The average Bonchev–Trinajstić information content (AvgIpc) is 3.06. The van der Waals surface area contributed by atoms with Gasteiger partial charge in [-0.3, -0.25) is 0 Å². The van der Waals surface area contributed by atoms with Crippen LogP contribution in [-0.2, 0) is 12.8 Å². The van der Waals surface area contributed by atoms with E-state index in [0.29, 0.717) is 36.8 Å². The third-order valence-corrected chi connectivity index (χ3v) is 6.18. The maximum Gasteiger partial charge on any atom is 0.321 e. The summed E-state index contributed by atoms with van der Waals surface area (Å²) in [5.41, 5.74) is 3.57. The minimum atomic E-state index is -0.249. The fraction of sp³-hybridized carbons (Fsp3) is 0.346. The fourth-order valence-corrected chi connectivity index (χ4v) is 4.52. The Morgan fingerprint density at radius 3 is 2.68 bits per heavy atom. The number of hydrogen-bond donors (Lipinski definition) is 1. The lowest BCUT2D eigenvalue weighted by atomic mass is 10.0. The number of nitrogens with one attached hydrogen (secondary N) is 1. The van der Waals surface area contributed by atoms with Crippen molar-refractivity contribution in [2.24, 2.45) is 0 Å². The number of aryl methyl sites for hydroxylation is 2. The summed E-state index contributed by atoms with van der Waals surface area (Å²) in [5.74, 6) is 1.35. The van der Waals surface area contributed by atoms with Crippen molar-refractivity contribution >= 4 is 29.1 Å². The molecule has 4 rings (SSSR count). The molecule has 2 heterocycles. The van der Waals surface area contributed by atoms with Crippen LogP contribution in [0.1, 0.15) is 36.0 Å². The van der Waals surface area contributed by atoms with E-state index in [1.807, 2.05) is 30.0 Å². The van der Waals surface area contributed by atoms with Crippen LogP contribution in [0.3, 0.4) is 0 Å². The fourth-order valence-electron chi connectivity index (χ4n) is 4.32. The quantitative estimate of drug-likeness (QED) is 0.524. The standard InChI is InChI=1S/C26H29ClFN5O/c1-3-24-23(16-19-7-4-9-21(28)15-19)25(30-18(2)29-24)32-11-6-12-33(14-13-32)26(34)31-22-10-5-8-20(27)17-22/h4-5,7-10,15,17H,3,6,11-14,16H2,1-2H3,(H,31,34). The largest absolute Gasteiger partial charge is 0.354 e. The first-order valence-electron chi connectivity index (χ1n) is 11.6. The molecule has 8 heteroatoms. The van der Waals surface area contributed by atoms with Crippen LogP contribution in [0.15, 0.2) is 48.5 Å². The molecule has 2 amide bonds. The number of amides is 2. The monoisotopic (exact) mass is 481 g/mol. The highest BCUT2D eigenvalue weighted by Crippen LogP contribution is 2.26. The summed E-state index contributed by atoms with van der Waals surface area (Å²) in [6, 6.07) is 13.7. The number of halogens is 2. The van der Waals surface area contributed by atoms with E-state index >= 15 is 0 Å². The Morgan fingerprint density at radius 1 is 1.09 bits per heavy atom. The van der Waals surface area contributed by atoms with Crippen LogP contribution in [0.5, 0.6) is 0 Å². The van der Waals surface area contributed by atoms with E-state index in [9.17, 15) is 9.18 Å². The van der Waals surface area contributed by atoms with Gasteiger partial charge < -0.3 is 15.1 Å². The first kappa shape index (κ1) is 24.0. The van der Waals surface area contributed by atoms with Gasteiger partial charge in [0.2, 0.25) is 0 Å². The molecule has 0 atom stereocenters. The molecule has 178 valence electrons. The molecular weight excluding hydrogens is 453 g/mol. The lowest BCUT2D eigenvalue weighted by Crippen LogP contribution is -2.38. The Bertz CT molecular complexity index is 1170. The van der Waals surface area contributed by atoms with Crippen molar-refractivity contribution in [1.82, 2.24) is 14.9 Å². The number of carbonyl (C=O) groups excluding carboxylic acids is 1. The second-order valence-electron chi connectivity index (χ2n) is 8.45. The molecule has 0 saturated carbocycles. The van der Waals surface area contributed by atoms with Crippen molar-refractivity contribution in [2.45, 2.75) is 33.1 Å². The van der Waals surface area contributed by atoms with E-state index in [1.165, 1.54) is 6.07 Å². The highest BCUT2D eigenvalue weighted by molar-refractivity contribution is 6.30. The summed E-state index contributed by atoms with van der Waals surface area (Å²) < 4.78 is 13.8. The molecule has 2 aromatic carbocycles. The molecular formula is C26H29ClFN5O. The number of hydrogen-bond acceptors (Lipinski definition) is 4. The first-order chi connectivity index (χ1) is 16.4. The predicted molar refractivity (Wildman–Crippen MR) is 134 cm³/mol. The van der Waals surface area contributed by atoms with Gasteiger partial charge in [0.1, 0.15) is 17.5 Å². The van der Waals surface area contributed by atoms with Crippen LogP contribution in [-0.4, -0.2) is 47.1 Å². The van der Waals surface area contributed by atoms with E-state index in [-0.39, 0.29) is 11.8 Å². The van der Waals surface area contributed by atoms with E-state index < -0.39 is 0 Å². The minimum absolute atomic E-state index is 0.141. The van der Waals surface area contributed by atoms with Gasteiger partial charge in [-0.05, 0) is 55.7 Å². The predicted octanol–water partition coefficient (Wildman–Crippen LogP) is 5.47. The number of nitrogens with zero attached hydrogens (tertiary/aromatic N) is 4. The molecule has 1 aliphatic rings. The molecule has 1 aliphatic heterocycles. The van der Waals surface area contributed by atoms with Crippen LogP contribution in [0.2, 0.25) is 5.02 Å². The zero-order valence-corrected chi connectivity index (χ0v) is 20.3. The molecule has 1 N–H and O–H groups in total. The Hall–Kier alpha value is -3.19. The summed E-state index contributed by atoms with van der Waals surface area (Å²) >= 11 is 6.04. The Kier molecular flexibility index (Phi) is 7.63. The molecule has 1 saturated heterocycles. The van der Waals surface area contributed by atoms with Crippen molar-refractivity contribution in [3.63, 3.8) is 0 Å². The molecule has 0 radical (unpaired) electrons. The maximum absolute atomic E-state index is 13.8. The van der Waals surface area contributed by atoms with E-state index in [4.69, 9.17) is 16.6 Å². The summed E-state index contributed by atoms with van der Waals surface area (Å²) in [6.07, 6.45) is 2.14. The Balaban J connectivity index is 1.53. The number of carbonyl (C=O) groups is 1. The molecule has 0 spiro atoms. The summed E-state index contributed by atoms with van der Waals surface area (Å²) in [4.78, 5) is 26.4. The topological polar surface area (TPSA) is 61.4 Å². The number of anilines is 2. The maximum atomic E-state index is 13.8. The van der Waals surface area contributed by atoms with Crippen molar-refractivity contribution in [3.8, 4) is 0 Å². The van der Waals surface area contributed by atoms with E-state index in [2.05, 4.69) is 22.1 Å². The van der Waals surface area contributed by atoms with Crippen molar-refractivity contribution in [2.75, 3.05) is 36.4 Å². The van der Waals surface area contributed by atoms with Gasteiger partial charge in [0, 0.05) is 54.6 Å². The van der Waals surface area contributed by atoms with Crippen LogP contribution in [0.4, 0.5) is 20.7 Å². The zero-order chi connectivity index (χ0) is 24.1. The van der Waals surface area contributed by atoms with E-state index in [0.717, 1.165) is 47.8 Å². The first-order valence-corrected chi connectivity index (χ1v) is 12.0. The second-order valence-corrected chi connectivity index (χ2v) is 8.88. The van der Waals surface area contributed by atoms with Gasteiger partial charge in [-0.25, -0.2) is 19.2 Å². The van der Waals surface area contributed by atoms with Crippen LogP contribution >= 0.6 is 11.6 Å². The van der Waals surface area contributed by atoms with Gasteiger partial charge in [0.15, 0.2) is 0 Å². The van der Waals surface area contributed by atoms with Crippen molar-refractivity contribution in [1.29, 1.82) is 0 Å². The smallest absolute Gasteiger partial charge is 0.321 e. The number of urea groups is 1. The van der Waals surface area contributed by atoms with Gasteiger partial charge in [0.05, 0.1) is 0 Å². The SMILES string of the molecule is CCc1nc(C)nc(N2CCCN(C(=O)Nc3cccc(Cl)c3)CC2)c1Cc1cccc(F)c1. The lowest BCUT2D eigenvalue weighted by Gasteiger charge is -2.26. The Labute approximate surface area is 204 Å². The third-order valence-electron chi connectivity index (χ3n) is 5.95. The summed E-state index contributed by atoms with van der Waals surface area (Å²) in [7, 11) is 0. The average molecular weight is 482 g/mol. The summed E-state index contributed by atoms with van der Waals surface area (Å²) in [6.45, 7) is 6.61. The van der Waals surface area contributed by atoms with Crippen molar-refractivity contribution in [3.05, 3.63) is 82.0 Å². The minimum Gasteiger partial charge on any atom is -0.354 e. The lowest BCUT2D eigenvalue weighted by molar-refractivity contribution is 0.215. The van der Waals surface area contributed by atoms with Crippen molar-refractivity contribution < 1.29 is 9.18 Å². The van der Waals surface area contributed by atoms with Gasteiger partial charge in [0.25, 0.3) is 0 Å². The number of rotatable bonds is 5. The number of aromatic nitrogens is 2.